The average molecular weight is 171 g/mol. The maximum absolute atomic E-state index is 10.5. The van der Waals surface area contributed by atoms with Gasteiger partial charge < -0.3 is 0 Å². The molecule has 0 aliphatic rings. The molecule has 0 amide bonds. The van der Waals surface area contributed by atoms with E-state index in [1.165, 1.54) is 6.20 Å². The molecule has 0 aliphatic heterocycles. The molecule has 0 saturated carbocycles. The van der Waals surface area contributed by atoms with Crippen molar-refractivity contribution in [2.24, 2.45) is 0 Å². The van der Waals surface area contributed by atoms with Gasteiger partial charge >= 0.3 is 0 Å². The van der Waals surface area contributed by atoms with Crippen LogP contribution < -0.4 is 0 Å². The lowest BCUT2D eigenvalue weighted by Gasteiger charge is -1.90. The highest BCUT2D eigenvalue weighted by atomic mass is 35.5. The van der Waals surface area contributed by atoms with E-state index in [2.05, 4.69) is 11.7 Å². The second-order valence-electron chi connectivity index (χ2n) is 2.01. The number of hydrogen-bond donors (Lipinski definition) is 0. The number of halogens is 1. The molecule has 0 atom stereocenters. The fourth-order valence-electron chi connectivity index (χ4n) is 0.697. The number of rotatable bonds is 3. The number of aromatic nitrogens is 2. The van der Waals surface area contributed by atoms with Crippen molar-refractivity contribution in [2.75, 3.05) is 0 Å². The third-order valence-corrected chi connectivity index (χ3v) is 1.39. The van der Waals surface area contributed by atoms with Crippen molar-refractivity contribution in [3.8, 4) is 0 Å². The third kappa shape index (κ3) is 1.91. The van der Waals surface area contributed by atoms with Gasteiger partial charge in [0.15, 0.2) is 0 Å². The van der Waals surface area contributed by atoms with Gasteiger partial charge in [-0.3, -0.25) is 9.48 Å². The lowest BCUT2D eigenvalue weighted by atomic mass is 10.4. The van der Waals surface area contributed by atoms with E-state index in [9.17, 15) is 4.79 Å². The molecule has 1 aromatic rings. The van der Waals surface area contributed by atoms with E-state index in [1.54, 1.807) is 17.0 Å². The summed E-state index contributed by atoms with van der Waals surface area (Å²) in [5.41, 5.74) is 0.411. The van der Waals surface area contributed by atoms with Crippen molar-refractivity contribution in [3.05, 3.63) is 30.6 Å². The van der Waals surface area contributed by atoms with E-state index in [4.69, 9.17) is 11.6 Å². The average Bonchev–Trinajstić information content (AvgIpc) is 2.37. The summed E-state index contributed by atoms with van der Waals surface area (Å²) >= 11 is 5.20. The molecule has 0 N–H and O–H groups in total. The van der Waals surface area contributed by atoms with Crippen LogP contribution in [0.3, 0.4) is 0 Å². The fraction of sp³-hybridized carbons (Fsp3) is 0.143. The van der Waals surface area contributed by atoms with Crippen LogP contribution in [-0.4, -0.2) is 15.0 Å². The Bertz CT molecular complexity index is 280. The Morgan fingerprint density at radius 1 is 1.91 bits per heavy atom. The van der Waals surface area contributed by atoms with Crippen molar-refractivity contribution in [1.82, 2.24) is 9.78 Å². The second kappa shape index (κ2) is 3.34. The van der Waals surface area contributed by atoms with E-state index in [1.807, 2.05) is 0 Å². The molecule has 4 heteroatoms. The maximum Gasteiger partial charge on any atom is 0.255 e. The Balaban J connectivity index is 2.81. The van der Waals surface area contributed by atoms with Gasteiger partial charge in [0.1, 0.15) is 0 Å². The molecule has 1 aromatic heterocycles. The highest BCUT2D eigenvalue weighted by Gasteiger charge is 2.02. The van der Waals surface area contributed by atoms with Crippen LogP contribution in [0.25, 0.3) is 0 Å². The van der Waals surface area contributed by atoms with Crippen LogP contribution in [0, 0.1) is 0 Å². The summed E-state index contributed by atoms with van der Waals surface area (Å²) in [6.07, 6.45) is 4.70. The second-order valence-corrected chi connectivity index (χ2v) is 2.36. The van der Waals surface area contributed by atoms with Crippen molar-refractivity contribution < 1.29 is 4.79 Å². The van der Waals surface area contributed by atoms with Crippen LogP contribution in [0.2, 0.25) is 0 Å². The number of allylic oxidation sites excluding steroid dienone is 1. The van der Waals surface area contributed by atoms with Crippen LogP contribution in [0.4, 0.5) is 0 Å². The van der Waals surface area contributed by atoms with E-state index < -0.39 is 5.24 Å². The molecule has 0 fully saturated rings. The first-order valence-corrected chi connectivity index (χ1v) is 3.45. The lowest BCUT2D eigenvalue weighted by molar-refractivity contribution is 0.108. The van der Waals surface area contributed by atoms with Crippen LogP contribution in [0.15, 0.2) is 25.0 Å². The summed E-state index contributed by atoms with van der Waals surface area (Å²) in [5.74, 6) is 0. The molecular formula is C7H7ClN2O. The quantitative estimate of drug-likeness (QED) is 0.509. The van der Waals surface area contributed by atoms with Gasteiger partial charge in [-0.2, -0.15) is 5.10 Å². The van der Waals surface area contributed by atoms with Crippen molar-refractivity contribution >= 4 is 16.8 Å². The summed E-state index contributed by atoms with van der Waals surface area (Å²) < 4.78 is 1.59. The van der Waals surface area contributed by atoms with Gasteiger partial charge in [-0.1, -0.05) is 6.08 Å². The minimum atomic E-state index is -0.486. The van der Waals surface area contributed by atoms with Crippen LogP contribution in [0.1, 0.15) is 10.4 Å². The smallest absolute Gasteiger partial charge is 0.255 e. The summed E-state index contributed by atoms with van der Waals surface area (Å²) in [6.45, 7) is 4.12. The zero-order chi connectivity index (χ0) is 8.27. The van der Waals surface area contributed by atoms with Gasteiger partial charge in [-0.05, 0) is 11.6 Å². The van der Waals surface area contributed by atoms with Crippen LogP contribution in [-0.2, 0) is 6.54 Å². The fourth-order valence-corrected chi connectivity index (χ4v) is 0.795. The molecule has 0 saturated heterocycles. The highest BCUT2D eigenvalue weighted by Crippen LogP contribution is 2.01. The summed E-state index contributed by atoms with van der Waals surface area (Å²) in [7, 11) is 0. The van der Waals surface area contributed by atoms with Gasteiger partial charge in [0.25, 0.3) is 5.24 Å². The molecule has 0 aromatic carbocycles. The van der Waals surface area contributed by atoms with Gasteiger partial charge in [0.05, 0.1) is 18.3 Å². The molecule has 58 valence electrons. The molecule has 1 heterocycles. The molecule has 11 heavy (non-hydrogen) atoms. The molecule has 0 bridgehead atoms. The largest absolute Gasteiger partial charge is 0.275 e. The topological polar surface area (TPSA) is 34.9 Å². The van der Waals surface area contributed by atoms with Crippen LogP contribution >= 0.6 is 11.6 Å². The van der Waals surface area contributed by atoms with Gasteiger partial charge in [-0.25, -0.2) is 0 Å². The Morgan fingerprint density at radius 2 is 2.64 bits per heavy atom. The first-order chi connectivity index (χ1) is 5.24. The molecule has 3 nitrogen and oxygen atoms in total. The standard InChI is InChI=1S/C7H7ClN2O/c1-2-3-10-5-6(4-9-10)7(8)11/h2,4-5H,1,3H2. The van der Waals surface area contributed by atoms with E-state index in [-0.39, 0.29) is 0 Å². The third-order valence-electron chi connectivity index (χ3n) is 1.18. The first-order valence-electron chi connectivity index (χ1n) is 3.07. The van der Waals surface area contributed by atoms with E-state index in [0.29, 0.717) is 12.1 Å². The highest BCUT2D eigenvalue weighted by molar-refractivity contribution is 6.67. The normalized spacial score (nSPS) is 9.55. The Hall–Kier alpha value is -1.09. The Morgan fingerprint density at radius 3 is 3.09 bits per heavy atom. The molecule has 1 rings (SSSR count). The minimum Gasteiger partial charge on any atom is -0.275 e. The van der Waals surface area contributed by atoms with Crippen molar-refractivity contribution in [1.29, 1.82) is 0 Å². The van der Waals surface area contributed by atoms with Crippen LogP contribution in [0.5, 0.6) is 0 Å². The molecular weight excluding hydrogens is 164 g/mol. The van der Waals surface area contributed by atoms with E-state index >= 15 is 0 Å². The minimum absolute atomic E-state index is 0.411. The predicted octanol–water partition coefficient (Wildman–Crippen LogP) is 1.45. The molecule has 0 aliphatic carbocycles. The zero-order valence-electron chi connectivity index (χ0n) is 5.83. The summed E-state index contributed by atoms with van der Waals surface area (Å²) in [5, 5.41) is 3.38. The molecule has 0 spiro atoms. The van der Waals surface area contributed by atoms with Gasteiger partial charge in [0, 0.05) is 6.20 Å². The number of carbonyl (C=O) groups is 1. The SMILES string of the molecule is C=CCn1cc(C(=O)Cl)cn1. The predicted molar refractivity (Wildman–Crippen MR) is 42.6 cm³/mol. The summed E-state index contributed by atoms with van der Waals surface area (Å²) in [6, 6.07) is 0. The number of nitrogens with zero attached hydrogens (tertiary/aromatic N) is 2. The van der Waals surface area contributed by atoms with Crippen molar-refractivity contribution in [3.63, 3.8) is 0 Å². The Labute approximate surface area is 69.3 Å². The van der Waals surface area contributed by atoms with Gasteiger partial charge in [-0.15, -0.1) is 6.58 Å². The Kier molecular flexibility index (Phi) is 2.44. The molecule has 0 radical (unpaired) electrons. The van der Waals surface area contributed by atoms with Crippen molar-refractivity contribution in [2.45, 2.75) is 6.54 Å². The first kappa shape index (κ1) is 8.01. The number of carbonyl (C=O) groups excluding carboxylic acids is 1. The van der Waals surface area contributed by atoms with Gasteiger partial charge in [0.2, 0.25) is 0 Å². The monoisotopic (exact) mass is 170 g/mol. The van der Waals surface area contributed by atoms with E-state index in [0.717, 1.165) is 0 Å². The lowest BCUT2D eigenvalue weighted by Crippen LogP contribution is -1.94. The zero-order valence-corrected chi connectivity index (χ0v) is 6.58. The maximum atomic E-state index is 10.5. The number of hydrogen-bond acceptors (Lipinski definition) is 2. The summed E-state index contributed by atoms with van der Waals surface area (Å²) in [4.78, 5) is 10.5. The molecule has 0 unspecified atom stereocenters.